The van der Waals surface area contributed by atoms with E-state index < -0.39 is 10.1 Å². The lowest BCUT2D eigenvalue weighted by Crippen LogP contribution is -2.18. The monoisotopic (exact) mass is 192 g/mol. The Morgan fingerprint density at radius 1 is 1.50 bits per heavy atom. The van der Waals surface area contributed by atoms with Gasteiger partial charge in [0.2, 0.25) is 0 Å². The molecule has 0 aliphatic carbocycles. The first-order chi connectivity index (χ1) is 5.35. The highest BCUT2D eigenvalue weighted by molar-refractivity contribution is 7.88. The molecule has 0 bridgehead atoms. The molecule has 0 aliphatic heterocycles. The fraction of sp³-hybridized carbons (Fsp3) is 0.333. The normalized spacial score (nSPS) is 14.7. The zero-order valence-electron chi connectivity index (χ0n) is 6.90. The predicted molar refractivity (Wildman–Crippen MR) is 46.4 cm³/mol. The first-order valence-electron chi connectivity index (χ1n) is 3.16. The largest absolute Gasteiger partial charge is 0.329 e. The lowest BCUT2D eigenvalue weighted by Gasteiger charge is -1.97. The number of nitrogens with two attached hydrogens (primary N) is 1. The summed E-state index contributed by atoms with van der Waals surface area (Å²) < 4.78 is 29.0. The molecule has 0 aliphatic rings. The van der Waals surface area contributed by atoms with E-state index in [2.05, 4.69) is 5.43 Å². The topological polar surface area (TPSA) is 92.4 Å². The van der Waals surface area contributed by atoms with Crippen molar-refractivity contribution in [2.45, 2.75) is 13.8 Å². The van der Waals surface area contributed by atoms with E-state index in [1.54, 1.807) is 6.92 Å². The van der Waals surface area contributed by atoms with Crippen LogP contribution in [0.1, 0.15) is 13.8 Å². The van der Waals surface area contributed by atoms with Crippen molar-refractivity contribution in [3.05, 3.63) is 22.8 Å². The highest BCUT2D eigenvalue weighted by Crippen LogP contribution is 2.00. The molecule has 0 aromatic carbocycles. The SMILES string of the molecule is C/C(=C/C(C)=C/S(=O)(=O)O)NN. The smallest absolute Gasteiger partial charge is 0.287 e. The van der Waals surface area contributed by atoms with Crippen molar-refractivity contribution in [1.29, 1.82) is 0 Å². The van der Waals surface area contributed by atoms with Crippen LogP contribution in [0.5, 0.6) is 0 Å². The minimum absolute atomic E-state index is 0.396. The summed E-state index contributed by atoms with van der Waals surface area (Å²) in [6.45, 7) is 3.20. The van der Waals surface area contributed by atoms with Gasteiger partial charge in [-0.05, 0) is 25.5 Å². The van der Waals surface area contributed by atoms with Crippen molar-refractivity contribution in [3.63, 3.8) is 0 Å². The number of allylic oxidation sites excluding steroid dienone is 3. The van der Waals surface area contributed by atoms with Crippen LogP contribution in [0.3, 0.4) is 0 Å². The molecule has 0 unspecified atom stereocenters. The average molecular weight is 192 g/mol. The Morgan fingerprint density at radius 3 is 2.33 bits per heavy atom. The zero-order chi connectivity index (χ0) is 9.78. The Balaban J connectivity index is 4.63. The van der Waals surface area contributed by atoms with Gasteiger partial charge < -0.3 is 5.43 Å². The van der Waals surface area contributed by atoms with Crippen LogP contribution in [0.2, 0.25) is 0 Å². The number of rotatable bonds is 3. The Kier molecular flexibility index (Phi) is 3.94. The molecule has 0 heterocycles. The first-order valence-corrected chi connectivity index (χ1v) is 4.66. The van der Waals surface area contributed by atoms with Gasteiger partial charge >= 0.3 is 0 Å². The standard InChI is InChI=1S/C6H12N2O3S/c1-5(3-6(2)8-7)4-12(9,10)11/h3-4,8H,7H2,1-2H3,(H,9,10,11)/b5-4+,6-3-. The van der Waals surface area contributed by atoms with Crippen molar-refractivity contribution in [1.82, 2.24) is 5.43 Å². The van der Waals surface area contributed by atoms with E-state index in [0.29, 0.717) is 11.3 Å². The maximum atomic E-state index is 10.3. The molecule has 4 N–H and O–H groups in total. The van der Waals surface area contributed by atoms with Crippen LogP contribution in [0.25, 0.3) is 0 Å². The number of hydrazine groups is 1. The number of hydrogen-bond acceptors (Lipinski definition) is 4. The van der Waals surface area contributed by atoms with Gasteiger partial charge in [0, 0.05) is 5.70 Å². The Hall–Kier alpha value is -0.850. The molecule has 0 amide bonds. The van der Waals surface area contributed by atoms with Gasteiger partial charge in [0.15, 0.2) is 0 Å². The fourth-order valence-electron chi connectivity index (χ4n) is 0.652. The second-order valence-electron chi connectivity index (χ2n) is 2.35. The van der Waals surface area contributed by atoms with Crippen molar-refractivity contribution in [2.75, 3.05) is 0 Å². The summed E-state index contributed by atoms with van der Waals surface area (Å²) in [5, 5.41) is 0.744. The van der Waals surface area contributed by atoms with E-state index >= 15 is 0 Å². The van der Waals surface area contributed by atoms with Gasteiger partial charge in [-0.2, -0.15) is 8.42 Å². The zero-order valence-corrected chi connectivity index (χ0v) is 7.72. The molecular formula is C6H12N2O3S. The molecule has 6 heteroatoms. The van der Waals surface area contributed by atoms with E-state index in [1.807, 2.05) is 0 Å². The van der Waals surface area contributed by atoms with Gasteiger partial charge in [-0.25, -0.2) is 0 Å². The molecule has 0 saturated carbocycles. The summed E-state index contributed by atoms with van der Waals surface area (Å²) in [5.74, 6) is 5.03. The molecule has 0 fully saturated rings. The Labute approximate surface area is 71.7 Å². The van der Waals surface area contributed by atoms with E-state index in [-0.39, 0.29) is 0 Å². The molecule has 0 aromatic heterocycles. The van der Waals surface area contributed by atoms with Crippen LogP contribution in [0, 0.1) is 0 Å². The van der Waals surface area contributed by atoms with Gasteiger partial charge in [-0.1, -0.05) is 0 Å². The average Bonchev–Trinajstić information content (AvgIpc) is 1.82. The molecule has 0 aromatic rings. The number of hydrogen-bond donors (Lipinski definition) is 3. The van der Waals surface area contributed by atoms with Gasteiger partial charge in [0.05, 0.1) is 5.41 Å². The van der Waals surface area contributed by atoms with Crippen LogP contribution in [-0.2, 0) is 10.1 Å². The van der Waals surface area contributed by atoms with Crippen molar-refractivity contribution in [3.8, 4) is 0 Å². The van der Waals surface area contributed by atoms with Gasteiger partial charge in [0.1, 0.15) is 0 Å². The van der Waals surface area contributed by atoms with Crippen LogP contribution in [0.15, 0.2) is 22.8 Å². The second kappa shape index (κ2) is 4.24. The summed E-state index contributed by atoms with van der Waals surface area (Å²) in [4.78, 5) is 0. The third-order valence-corrected chi connectivity index (χ3v) is 1.68. The highest BCUT2D eigenvalue weighted by Gasteiger charge is 1.97. The van der Waals surface area contributed by atoms with Crippen LogP contribution in [0.4, 0.5) is 0 Å². The lowest BCUT2D eigenvalue weighted by molar-refractivity contribution is 0.494. The summed E-state index contributed by atoms with van der Waals surface area (Å²) in [5.41, 5.74) is 3.33. The van der Waals surface area contributed by atoms with E-state index in [1.165, 1.54) is 13.0 Å². The third kappa shape index (κ3) is 5.90. The summed E-state index contributed by atoms with van der Waals surface area (Å²) in [6, 6.07) is 0. The quantitative estimate of drug-likeness (QED) is 0.256. The first kappa shape index (κ1) is 11.2. The third-order valence-electron chi connectivity index (χ3n) is 1.01. The number of nitrogens with one attached hydrogen (secondary N) is 1. The predicted octanol–water partition coefficient (Wildman–Crippen LogP) is 0.145. The highest BCUT2D eigenvalue weighted by atomic mass is 32.2. The molecule has 0 saturated heterocycles. The molecular weight excluding hydrogens is 180 g/mol. The second-order valence-corrected chi connectivity index (χ2v) is 3.61. The summed E-state index contributed by atoms with van der Waals surface area (Å²) >= 11 is 0. The molecule has 0 spiro atoms. The van der Waals surface area contributed by atoms with Crippen LogP contribution < -0.4 is 11.3 Å². The van der Waals surface area contributed by atoms with E-state index in [4.69, 9.17) is 10.4 Å². The molecule has 12 heavy (non-hydrogen) atoms. The van der Waals surface area contributed by atoms with Crippen molar-refractivity contribution >= 4 is 10.1 Å². The molecule has 70 valence electrons. The Morgan fingerprint density at radius 2 is 2.00 bits per heavy atom. The molecule has 0 atom stereocenters. The van der Waals surface area contributed by atoms with E-state index in [9.17, 15) is 8.42 Å². The van der Waals surface area contributed by atoms with E-state index in [0.717, 1.165) is 5.41 Å². The molecule has 0 rings (SSSR count). The van der Waals surface area contributed by atoms with Crippen molar-refractivity contribution in [2.24, 2.45) is 5.84 Å². The summed E-state index contributed by atoms with van der Waals surface area (Å²) in [6.07, 6.45) is 1.49. The maximum absolute atomic E-state index is 10.3. The van der Waals surface area contributed by atoms with Crippen LogP contribution >= 0.6 is 0 Å². The van der Waals surface area contributed by atoms with Crippen molar-refractivity contribution < 1.29 is 13.0 Å². The molecule has 0 radical (unpaired) electrons. The fourth-order valence-corrected chi connectivity index (χ4v) is 1.19. The maximum Gasteiger partial charge on any atom is 0.287 e. The van der Waals surface area contributed by atoms with Crippen LogP contribution in [-0.4, -0.2) is 13.0 Å². The lowest BCUT2D eigenvalue weighted by atomic mass is 10.3. The van der Waals surface area contributed by atoms with Gasteiger partial charge in [-0.15, -0.1) is 0 Å². The summed E-state index contributed by atoms with van der Waals surface area (Å²) in [7, 11) is -4.05. The Bertz CT molecular complexity index is 303. The molecule has 5 nitrogen and oxygen atoms in total. The van der Waals surface area contributed by atoms with Gasteiger partial charge in [-0.3, -0.25) is 10.4 Å². The van der Waals surface area contributed by atoms with Gasteiger partial charge in [0.25, 0.3) is 10.1 Å². The minimum Gasteiger partial charge on any atom is -0.329 e. The minimum atomic E-state index is -4.05.